The molecule has 1 amide bonds. The lowest BCUT2D eigenvalue weighted by Gasteiger charge is -2.23. The molecule has 0 aliphatic heterocycles. The summed E-state index contributed by atoms with van der Waals surface area (Å²) < 4.78 is 33.9. The molecule has 180 valence electrons. The van der Waals surface area contributed by atoms with Crippen LogP contribution in [-0.4, -0.2) is 33.8 Å². The number of anilines is 2. The van der Waals surface area contributed by atoms with Crippen LogP contribution < -0.4 is 14.4 Å². The lowest BCUT2D eigenvalue weighted by atomic mass is 10.1. The number of hydrogen-bond acceptors (Lipinski definition) is 6. The molecule has 1 aromatic heterocycles. The van der Waals surface area contributed by atoms with Crippen molar-refractivity contribution >= 4 is 54.5 Å². The van der Waals surface area contributed by atoms with Gasteiger partial charge in [0.1, 0.15) is 5.75 Å². The highest BCUT2D eigenvalue weighted by Gasteiger charge is 2.24. The highest BCUT2D eigenvalue weighted by molar-refractivity contribution is 7.92. The minimum absolute atomic E-state index is 0.0828. The number of ether oxygens (including phenoxy) is 1. The van der Waals surface area contributed by atoms with Gasteiger partial charge in [0, 0.05) is 22.5 Å². The summed E-state index contributed by atoms with van der Waals surface area (Å²) in [5.41, 5.74) is 1.56. The van der Waals surface area contributed by atoms with Gasteiger partial charge in [-0.1, -0.05) is 12.1 Å². The fourth-order valence-corrected chi connectivity index (χ4v) is 6.08. The number of thiophene rings is 1. The molecule has 4 aromatic rings. The van der Waals surface area contributed by atoms with Crippen LogP contribution in [0.5, 0.6) is 5.75 Å². The van der Waals surface area contributed by atoms with Crippen molar-refractivity contribution in [3.63, 3.8) is 0 Å². The number of ketones is 1. The number of nitrogens with zero attached hydrogens (tertiary/aromatic N) is 1. The molecule has 0 atom stereocenters. The van der Waals surface area contributed by atoms with Gasteiger partial charge in [0.25, 0.3) is 15.9 Å². The van der Waals surface area contributed by atoms with Gasteiger partial charge in [0.05, 0.1) is 22.6 Å². The van der Waals surface area contributed by atoms with Gasteiger partial charge in [0.2, 0.25) is 0 Å². The first-order valence-corrected chi connectivity index (χ1v) is 13.1. The van der Waals surface area contributed by atoms with Crippen molar-refractivity contribution < 1.29 is 22.7 Å². The fraction of sp³-hybridized carbons (Fsp3) is 0.154. The van der Waals surface area contributed by atoms with Crippen molar-refractivity contribution in [1.82, 2.24) is 0 Å². The van der Waals surface area contributed by atoms with Crippen LogP contribution in [0, 0.1) is 0 Å². The summed E-state index contributed by atoms with van der Waals surface area (Å²) in [6.07, 6.45) is 0. The Labute approximate surface area is 208 Å². The average molecular weight is 509 g/mol. The number of benzene rings is 3. The molecule has 0 spiro atoms. The van der Waals surface area contributed by atoms with Gasteiger partial charge in [-0.3, -0.25) is 13.9 Å². The second-order valence-corrected chi connectivity index (χ2v) is 10.7. The number of nitrogens with one attached hydrogen (secondary N) is 1. The number of rotatable bonds is 8. The molecule has 0 unspecified atom stereocenters. The molecule has 4 rings (SSSR count). The molecule has 1 heterocycles. The Balaban J connectivity index is 1.61. The fourth-order valence-electron chi connectivity index (χ4n) is 3.67. The van der Waals surface area contributed by atoms with E-state index >= 15 is 0 Å². The van der Waals surface area contributed by atoms with Crippen molar-refractivity contribution in [1.29, 1.82) is 0 Å². The first-order chi connectivity index (χ1) is 16.7. The van der Waals surface area contributed by atoms with E-state index < -0.39 is 10.0 Å². The molecule has 3 aromatic carbocycles. The molecule has 0 aliphatic carbocycles. The molecular formula is C26H24N2O5S2. The lowest BCUT2D eigenvalue weighted by Crippen LogP contribution is -2.30. The van der Waals surface area contributed by atoms with Gasteiger partial charge in [-0.15, -0.1) is 11.3 Å². The Morgan fingerprint density at radius 3 is 2.40 bits per heavy atom. The summed E-state index contributed by atoms with van der Waals surface area (Å²) >= 11 is 1.31. The van der Waals surface area contributed by atoms with Crippen molar-refractivity contribution in [2.75, 3.05) is 23.3 Å². The summed E-state index contributed by atoms with van der Waals surface area (Å²) in [4.78, 5) is 25.1. The molecule has 9 heteroatoms. The molecule has 0 fully saturated rings. The molecular weight excluding hydrogens is 484 g/mol. The number of amides is 1. The van der Waals surface area contributed by atoms with Crippen LogP contribution in [0.3, 0.4) is 0 Å². The number of carbonyl (C=O) groups excluding carboxylic acids is 2. The quantitative estimate of drug-likeness (QED) is 0.314. The van der Waals surface area contributed by atoms with Crippen molar-refractivity contribution in [2.24, 2.45) is 0 Å². The van der Waals surface area contributed by atoms with Crippen molar-refractivity contribution in [2.45, 2.75) is 18.7 Å². The molecule has 0 saturated carbocycles. The summed E-state index contributed by atoms with van der Waals surface area (Å²) in [6, 6.07) is 20.1. The second kappa shape index (κ2) is 9.89. The first kappa shape index (κ1) is 24.4. The van der Waals surface area contributed by atoms with Crippen LogP contribution in [0.25, 0.3) is 10.1 Å². The van der Waals surface area contributed by atoms with E-state index in [4.69, 9.17) is 4.74 Å². The maximum Gasteiger partial charge on any atom is 0.265 e. The minimum Gasteiger partial charge on any atom is -0.497 e. The van der Waals surface area contributed by atoms with Crippen molar-refractivity contribution in [3.05, 3.63) is 83.2 Å². The molecule has 1 N–H and O–H groups in total. The van der Waals surface area contributed by atoms with Crippen LogP contribution >= 0.6 is 11.3 Å². The SMILES string of the molecule is CCN(c1ccc2sc(C(=O)Nc3cccc(C(C)=O)c3)cc2c1)S(=O)(=O)c1ccc(OC)cc1. The zero-order valence-corrected chi connectivity index (χ0v) is 21.1. The van der Waals surface area contributed by atoms with E-state index in [0.717, 1.165) is 10.1 Å². The van der Waals surface area contributed by atoms with E-state index in [0.29, 0.717) is 27.6 Å². The molecule has 0 saturated heterocycles. The third-order valence-corrected chi connectivity index (χ3v) is 8.51. The third kappa shape index (κ3) is 5.06. The number of fused-ring (bicyclic) bond motifs is 1. The molecule has 35 heavy (non-hydrogen) atoms. The maximum absolute atomic E-state index is 13.3. The average Bonchev–Trinajstić information content (AvgIpc) is 3.28. The number of sulfonamides is 1. The number of Topliss-reactive ketones (excluding diaryl/α,β-unsaturated/α-hetero) is 1. The number of hydrogen-bond donors (Lipinski definition) is 1. The normalized spacial score (nSPS) is 11.3. The monoisotopic (exact) mass is 508 g/mol. The third-order valence-electron chi connectivity index (χ3n) is 5.47. The van der Waals surface area contributed by atoms with Crippen LogP contribution in [0.4, 0.5) is 11.4 Å². The minimum atomic E-state index is -3.78. The van der Waals surface area contributed by atoms with Crippen LogP contribution in [0.1, 0.15) is 33.9 Å². The van der Waals surface area contributed by atoms with E-state index in [2.05, 4.69) is 5.32 Å². The van der Waals surface area contributed by atoms with Crippen LogP contribution in [0.15, 0.2) is 77.7 Å². The van der Waals surface area contributed by atoms with Crippen molar-refractivity contribution in [3.8, 4) is 5.75 Å². The van der Waals surface area contributed by atoms with Gasteiger partial charge >= 0.3 is 0 Å². The summed E-state index contributed by atoms with van der Waals surface area (Å²) in [6.45, 7) is 3.48. The van der Waals surface area contributed by atoms with Gasteiger partial charge < -0.3 is 10.1 Å². The van der Waals surface area contributed by atoms with E-state index in [1.165, 1.54) is 41.8 Å². The first-order valence-electron chi connectivity index (χ1n) is 10.9. The zero-order valence-electron chi connectivity index (χ0n) is 19.4. The second-order valence-electron chi connectivity index (χ2n) is 7.77. The van der Waals surface area contributed by atoms with E-state index in [1.807, 2.05) is 6.07 Å². The van der Waals surface area contributed by atoms with Crippen LogP contribution in [-0.2, 0) is 10.0 Å². The standard InChI is InChI=1S/C26H24N2O5S2/c1-4-28(35(31,32)23-11-9-22(33-3)10-12-23)21-8-13-24-19(15-21)16-25(34-24)26(30)27-20-7-5-6-18(14-20)17(2)29/h5-16H,4H2,1-3H3,(H,27,30). The summed E-state index contributed by atoms with van der Waals surface area (Å²) in [5.74, 6) is 0.192. The Morgan fingerprint density at radius 1 is 1.00 bits per heavy atom. The van der Waals surface area contributed by atoms with Gasteiger partial charge in [-0.2, -0.15) is 0 Å². The summed E-state index contributed by atoms with van der Waals surface area (Å²) in [7, 11) is -2.26. The van der Waals surface area contributed by atoms with Gasteiger partial charge in [-0.05, 0) is 79.9 Å². The predicted molar refractivity (Wildman–Crippen MR) is 139 cm³/mol. The highest BCUT2D eigenvalue weighted by Crippen LogP contribution is 2.32. The number of carbonyl (C=O) groups is 2. The van der Waals surface area contributed by atoms with Gasteiger partial charge in [-0.25, -0.2) is 8.42 Å². The topological polar surface area (TPSA) is 92.8 Å². The smallest absolute Gasteiger partial charge is 0.265 e. The van der Waals surface area contributed by atoms with E-state index in [-0.39, 0.29) is 23.1 Å². The Kier molecular flexibility index (Phi) is 6.90. The van der Waals surface area contributed by atoms with E-state index in [9.17, 15) is 18.0 Å². The Hall–Kier alpha value is -3.69. The Bertz CT molecular complexity index is 1510. The molecule has 7 nitrogen and oxygen atoms in total. The molecule has 0 bridgehead atoms. The summed E-state index contributed by atoms with van der Waals surface area (Å²) in [5, 5.41) is 3.58. The Morgan fingerprint density at radius 2 is 1.74 bits per heavy atom. The van der Waals surface area contributed by atoms with Gasteiger partial charge in [0.15, 0.2) is 5.78 Å². The van der Waals surface area contributed by atoms with E-state index in [1.54, 1.807) is 61.5 Å². The lowest BCUT2D eigenvalue weighted by molar-refractivity contribution is 0.101. The number of methoxy groups -OCH3 is 1. The molecule has 0 radical (unpaired) electrons. The molecule has 0 aliphatic rings. The predicted octanol–water partition coefficient (Wildman–Crippen LogP) is 5.58. The highest BCUT2D eigenvalue weighted by atomic mass is 32.2. The zero-order chi connectivity index (χ0) is 25.2. The maximum atomic E-state index is 13.3. The van der Waals surface area contributed by atoms with Crippen LogP contribution in [0.2, 0.25) is 0 Å². The largest absolute Gasteiger partial charge is 0.497 e.